The van der Waals surface area contributed by atoms with Crippen molar-refractivity contribution >= 4 is 21.6 Å². The van der Waals surface area contributed by atoms with Crippen molar-refractivity contribution in [2.45, 2.75) is 26.8 Å². The zero-order valence-corrected chi connectivity index (χ0v) is 13.9. The summed E-state index contributed by atoms with van der Waals surface area (Å²) in [5, 5.41) is 13.2. The quantitative estimate of drug-likeness (QED) is 0.792. The smallest absolute Gasteiger partial charge is 0.161 e. The van der Waals surface area contributed by atoms with Gasteiger partial charge in [0.25, 0.3) is 0 Å². The van der Waals surface area contributed by atoms with E-state index < -0.39 is 0 Å². The number of benzene rings is 2. The molecule has 2 N–H and O–H groups in total. The SMILES string of the molecule is CCOc1cc(CNc2ccc(Br)cc2CC)ccc1O. The van der Waals surface area contributed by atoms with E-state index in [1.54, 1.807) is 6.07 Å². The number of nitrogens with one attached hydrogen (secondary N) is 1. The predicted octanol–water partition coefficient (Wildman–Crippen LogP) is 4.73. The van der Waals surface area contributed by atoms with E-state index in [2.05, 4.69) is 40.3 Å². The van der Waals surface area contributed by atoms with Crippen molar-refractivity contribution in [2.24, 2.45) is 0 Å². The lowest BCUT2D eigenvalue weighted by Gasteiger charge is -2.13. The van der Waals surface area contributed by atoms with Gasteiger partial charge in [0.2, 0.25) is 0 Å². The first-order valence-corrected chi connectivity index (χ1v) is 7.90. The monoisotopic (exact) mass is 349 g/mol. The summed E-state index contributed by atoms with van der Waals surface area (Å²) in [6.07, 6.45) is 0.974. The molecule has 0 aliphatic carbocycles. The number of hydrogen-bond donors (Lipinski definition) is 2. The molecule has 2 aromatic carbocycles. The van der Waals surface area contributed by atoms with Gasteiger partial charge in [-0.1, -0.05) is 28.9 Å². The summed E-state index contributed by atoms with van der Waals surface area (Å²) in [6, 6.07) is 11.7. The van der Waals surface area contributed by atoms with Gasteiger partial charge >= 0.3 is 0 Å². The molecule has 0 aromatic heterocycles. The molecule has 0 aliphatic heterocycles. The molecule has 0 spiro atoms. The van der Waals surface area contributed by atoms with Crippen molar-refractivity contribution in [1.29, 1.82) is 0 Å². The van der Waals surface area contributed by atoms with E-state index in [-0.39, 0.29) is 5.75 Å². The number of rotatable bonds is 6. The maximum absolute atomic E-state index is 9.71. The van der Waals surface area contributed by atoms with Crippen molar-refractivity contribution in [2.75, 3.05) is 11.9 Å². The maximum atomic E-state index is 9.71. The predicted molar refractivity (Wildman–Crippen MR) is 90.1 cm³/mol. The van der Waals surface area contributed by atoms with E-state index in [4.69, 9.17) is 4.74 Å². The molecular formula is C17H20BrNO2. The third kappa shape index (κ3) is 4.14. The first kappa shape index (κ1) is 15.7. The first-order valence-electron chi connectivity index (χ1n) is 7.11. The van der Waals surface area contributed by atoms with Crippen molar-refractivity contribution < 1.29 is 9.84 Å². The van der Waals surface area contributed by atoms with E-state index in [0.29, 0.717) is 18.9 Å². The summed E-state index contributed by atoms with van der Waals surface area (Å²) in [4.78, 5) is 0. The molecule has 3 nitrogen and oxygen atoms in total. The van der Waals surface area contributed by atoms with Crippen molar-refractivity contribution in [3.8, 4) is 11.5 Å². The summed E-state index contributed by atoms with van der Waals surface area (Å²) < 4.78 is 6.50. The molecule has 0 saturated heterocycles. The summed E-state index contributed by atoms with van der Waals surface area (Å²) in [5.41, 5.74) is 3.47. The summed E-state index contributed by atoms with van der Waals surface area (Å²) in [7, 11) is 0. The fraction of sp³-hybridized carbons (Fsp3) is 0.294. The Morgan fingerprint density at radius 2 is 1.95 bits per heavy atom. The van der Waals surface area contributed by atoms with Crippen LogP contribution < -0.4 is 10.1 Å². The molecule has 2 aromatic rings. The Balaban J connectivity index is 2.11. The number of halogens is 1. The van der Waals surface area contributed by atoms with Crippen LogP contribution in [0.25, 0.3) is 0 Å². The van der Waals surface area contributed by atoms with Gasteiger partial charge in [0.05, 0.1) is 6.61 Å². The van der Waals surface area contributed by atoms with Crippen LogP contribution in [-0.4, -0.2) is 11.7 Å². The van der Waals surface area contributed by atoms with Gasteiger partial charge in [-0.15, -0.1) is 0 Å². The second-order valence-electron chi connectivity index (χ2n) is 4.74. The Bertz CT molecular complexity index is 614. The Morgan fingerprint density at radius 1 is 1.14 bits per heavy atom. The van der Waals surface area contributed by atoms with Gasteiger partial charge < -0.3 is 15.2 Å². The fourth-order valence-corrected chi connectivity index (χ4v) is 2.57. The number of phenolic OH excluding ortho intramolecular Hbond substituents is 1. The van der Waals surface area contributed by atoms with Gasteiger partial charge in [0, 0.05) is 16.7 Å². The summed E-state index contributed by atoms with van der Waals surface area (Å²) in [5.74, 6) is 0.710. The lowest BCUT2D eigenvalue weighted by Crippen LogP contribution is -2.03. The highest BCUT2D eigenvalue weighted by molar-refractivity contribution is 9.10. The third-order valence-electron chi connectivity index (χ3n) is 3.26. The summed E-state index contributed by atoms with van der Waals surface area (Å²) in [6.45, 7) is 5.27. The number of hydrogen-bond acceptors (Lipinski definition) is 3. The molecule has 0 atom stereocenters. The van der Waals surface area contributed by atoms with E-state index in [1.165, 1.54) is 5.56 Å². The minimum atomic E-state index is 0.179. The van der Waals surface area contributed by atoms with Crippen molar-refractivity contribution in [1.82, 2.24) is 0 Å². The normalized spacial score (nSPS) is 10.4. The molecule has 0 bridgehead atoms. The van der Waals surface area contributed by atoms with Crippen molar-refractivity contribution in [3.05, 3.63) is 52.0 Å². The number of phenols is 1. The van der Waals surface area contributed by atoms with E-state index in [9.17, 15) is 5.11 Å². The Kier molecular flexibility index (Phi) is 5.51. The molecule has 0 fully saturated rings. The van der Waals surface area contributed by atoms with Crippen LogP contribution in [0, 0.1) is 0 Å². The molecule has 0 aliphatic rings. The van der Waals surface area contributed by atoms with Gasteiger partial charge in [-0.2, -0.15) is 0 Å². The van der Waals surface area contributed by atoms with Crippen LogP contribution in [0.1, 0.15) is 25.0 Å². The van der Waals surface area contributed by atoms with E-state index in [1.807, 2.05) is 25.1 Å². The molecule has 0 heterocycles. The molecule has 0 amide bonds. The largest absolute Gasteiger partial charge is 0.504 e. The third-order valence-corrected chi connectivity index (χ3v) is 3.75. The van der Waals surface area contributed by atoms with Gasteiger partial charge in [-0.05, 0) is 54.8 Å². The van der Waals surface area contributed by atoms with Crippen LogP contribution in [0.5, 0.6) is 11.5 Å². The minimum Gasteiger partial charge on any atom is -0.504 e. The van der Waals surface area contributed by atoms with E-state index >= 15 is 0 Å². The minimum absolute atomic E-state index is 0.179. The van der Waals surface area contributed by atoms with Crippen LogP contribution >= 0.6 is 15.9 Å². The molecule has 0 radical (unpaired) electrons. The number of ether oxygens (including phenoxy) is 1. The van der Waals surface area contributed by atoms with Crippen LogP contribution in [-0.2, 0) is 13.0 Å². The Hall–Kier alpha value is -1.68. The lowest BCUT2D eigenvalue weighted by atomic mass is 10.1. The Morgan fingerprint density at radius 3 is 2.67 bits per heavy atom. The standard InChI is InChI=1S/C17H20BrNO2/c1-3-13-10-14(18)6-7-15(13)19-11-12-5-8-16(20)17(9-12)21-4-2/h5-10,19-20H,3-4,11H2,1-2H3. The van der Waals surface area contributed by atoms with Crippen LogP contribution in [0.15, 0.2) is 40.9 Å². The molecule has 4 heteroatoms. The molecule has 0 saturated carbocycles. The second-order valence-corrected chi connectivity index (χ2v) is 5.66. The topological polar surface area (TPSA) is 41.5 Å². The van der Waals surface area contributed by atoms with E-state index in [0.717, 1.165) is 22.1 Å². The highest BCUT2D eigenvalue weighted by atomic mass is 79.9. The highest BCUT2D eigenvalue weighted by Gasteiger charge is 2.05. The lowest BCUT2D eigenvalue weighted by molar-refractivity contribution is 0.318. The Labute approximate surface area is 134 Å². The summed E-state index contributed by atoms with van der Waals surface area (Å²) >= 11 is 3.50. The number of aryl methyl sites for hydroxylation is 1. The molecule has 0 unspecified atom stereocenters. The van der Waals surface area contributed by atoms with Gasteiger partial charge in [-0.3, -0.25) is 0 Å². The van der Waals surface area contributed by atoms with Gasteiger partial charge in [0.15, 0.2) is 11.5 Å². The van der Waals surface area contributed by atoms with Crippen molar-refractivity contribution in [3.63, 3.8) is 0 Å². The van der Waals surface area contributed by atoms with Crippen LogP contribution in [0.3, 0.4) is 0 Å². The average Bonchev–Trinajstić information content (AvgIpc) is 2.49. The number of aromatic hydroxyl groups is 1. The maximum Gasteiger partial charge on any atom is 0.161 e. The average molecular weight is 350 g/mol. The fourth-order valence-electron chi connectivity index (χ4n) is 2.16. The van der Waals surface area contributed by atoms with Crippen LogP contribution in [0.4, 0.5) is 5.69 Å². The van der Waals surface area contributed by atoms with Gasteiger partial charge in [0.1, 0.15) is 0 Å². The van der Waals surface area contributed by atoms with Gasteiger partial charge in [-0.25, -0.2) is 0 Å². The number of anilines is 1. The first-order chi connectivity index (χ1) is 10.1. The zero-order valence-electron chi connectivity index (χ0n) is 12.3. The molecule has 21 heavy (non-hydrogen) atoms. The molecule has 2 rings (SSSR count). The zero-order chi connectivity index (χ0) is 15.2. The molecule has 112 valence electrons. The molecular weight excluding hydrogens is 330 g/mol. The second kappa shape index (κ2) is 7.36. The highest BCUT2D eigenvalue weighted by Crippen LogP contribution is 2.28. The van der Waals surface area contributed by atoms with Crippen LogP contribution in [0.2, 0.25) is 0 Å².